The van der Waals surface area contributed by atoms with Gasteiger partial charge in [0.25, 0.3) is 0 Å². The van der Waals surface area contributed by atoms with Gasteiger partial charge in [-0.25, -0.2) is 0 Å². The van der Waals surface area contributed by atoms with Gasteiger partial charge in [0.2, 0.25) is 0 Å². The van der Waals surface area contributed by atoms with E-state index in [2.05, 4.69) is 20.8 Å². The van der Waals surface area contributed by atoms with Crippen LogP contribution in [0.3, 0.4) is 0 Å². The summed E-state index contributed by atoms with van der Waals surface area (Å²) in [6, 6.07) is 0. The second-order valence-corrected chi connectivity index (χ2v) is 11.3. The maximum Gasteiger partial charge on any atom is 0.0602 e. The first-order valence-electron chi connectivity index (χ1n) is 11.7. The van der Waals surface area contributed by atoms with Crippen LogP contribution in [0.25, 0.3) is 0 Å². The highest BCUT2D eigenvalue weighted by Crippen LogP contribution is 2.68. The lowest BCUT2D eigenvalue weighted by atomic mass is 9.43. The number of aliphatic hydroxyl groups excluding tert-OH is 2. The van der Waals surface area contributed by atoms with Crippen LogP contribution in [-0.2, 0) is 4.79 Å². The molecule has 4 nitrogen and oxygen atoms in total. The number of carboxylic acid groups (broad SMARTS) is 1. The van der Waals surface area contributed by atoms with Crippen molar-refractivity contribution in [2.24, 2.45) is 46.3 Å². The number of hydrogen-bond acceptors (Lipinski definition) is 4. The van der Waals surface area contributed by atoms with Crippen molar-refractivity contribution < 1.29 is 20.1 Å². The van der Waals surface area contributed by atoms with Gasteiger partial charge < -0.3 is 20.1 Å². The Labute approximate surface area is 170 Å². The van der Waals surface area contributed by atoms with Gasteiger partial charge in [-0.2, -0.15) is 0 Å². The minimum Gasteiger partial charge on any atom is -0.550 e. The van der Waals surface area contributed by atoms with E-state index in [0.29, 0.717) is 41.9 Å². The van der Waals surface area contributed by atoms with Crippen molar-refractivity contribution in [1.29, 1.82) is 0 Å². The summed E-state index contributed by atoms with van der Waals surface area (Å²) < 4.78 is 0. The number of aliphatic carboxylic acids is 1. The fourth-order valence-electron chi connectivity index (χ4n) is 8.71. The van der Waals surface area contributed by atoms with Gasteiger partial charge >= 0.3 is 0 Å². The van der Waals surface area contributed by atoms with E-state index in [1.165, 1.54) is 19.3 Å². The van der Waals surface area contributed by atoms with E-state index in [1.807, 2.05) is 0 Å². The Kier molecular flexibility index (Phi) is 5.36. The average Bonchev–Trinajstić information content (AvgIpc) is 3.00. The number of carbonyl (C=O) groups is 1. The second kappa shape index (κ2) is 7.27. The Bertz CT molecular complexity index is 605. The fourth-order valence-corrected chi connectivity index (χ4v) is 8.71. The molecule has 0 aliphatic heterocycles. The molecule has 28 heavy (non-hydrogen) atoms. The molecular formula is C24H39O4-. The molecule has 4 rings (SSSR count). The van der Waals surface area contributed by atoms with Crippen molar-refractivity contribution >= 4 is 5.97 Å². The predicted octanol–water partition coefficient (Wildman–Crippen LogP) is 3.14. The summed E-state index contributed by atoms with van der Waals surface area (Å²) in [7, 11) is 0. The van der Waals surface area contributed by atoms with Crippen LogP contribution in [-0.4, -0.2) is 28.4 Å². The number of carboxylic acids is 1. The third-order valence-corrected chi connectivity index (χ3v) is 10.3. The topological polar surface area (TPSA) is 80.6 Å². The molecule has 0 aromatic carbocycles. The standard InChI is InChI=1S/C24H40O4/c1-14(4-9-22(27)28)18-7-8-19-17-6-5-15-12-16(25)10-11-23(15,2)20(17)13-21(26)24(18,19)3/h14-21,25-26H,4-13H2,1-3H3,(H,27,28)/p-1/t14-,15-,16+,17+,18-,19+,20+,21+,23+,24-/m1/s1. The summed E-state index contributed by atoms with van der Waals surface area (Å²) in [5.41, 5.74) is 0.188. The van der Waals surface area contributed by atoms with Crippen LogP contribution in [0.4, 0.5) is 0 Å². The molecule has 0 bridgehead atoms. The molecule has 2 N–H and O–H groups in total. The molecular weight excluding hydrogens is 352 g/mol. The summed E-state index contributed by atoms with van der Waals surface area (Å²) >= 11 is 0. The Morgan fingerprint density at radius 3 is 2.54 bits per heavy atom. The van der Waals surface area contributed by atoms with Gasteiger partial charge in [0.05, 0.1) is 12.2 Å². The van der Waals surface area contributed by atoms with Crippen molar-refractivity contribution in [3.8, 4) is 0 Å². The molecule has 0 saturated heterocycles. The van der Waals surface area contributed by atoms with Crippen LogP contribution in [0, 0.1) is 46.3 Å². The molecule has 0 amide bonds. The third-order valence-electron chi connectivity index (χ3n) is 10.3. The summed E-state index contributed by atoms with van der Waals surface area (Å²) in [5, 5.41) is 32.6. The summed E-state index contributed by atoms with van der Waals surface area (Å²) in [4.78, 5) is 10.9. The minimum absolute atomic E-state index is 0.0795. The Balaban J connectivity index is 1.56. The first-order valence-corrected chi connectivity index (χ1v) is 11.7. The highest BCUT2D eigenvalue weighted by molar-refractivity contribution is 5.64. The van der Waals surface area contributed by atoms with Crippen LogP contribution in [0.2, 0.25) is 0 Å². The minimum atomic E-state index is -0.957. The Hall–Kier alpha value is -0.610. The van der Waals surface area contributed by atoms with Crippen molar-refractivity contribution in [3.63, 3.8) is 0 Å². The zero-order valence-corrected chi connectivity index (χ0v) is 17.9. The molecule has 0 aromatic rings. The molecule has 4 aliphatic carbocycles. The molecule has 10 atom stereocenters. The smallest absolute Gasteiger partial charge is 0.0602 e. The molecule has 0 aromatic heterocycles. The van der Waals surface area contributed by atoms with E-state index in [0.717, 1.165) is 32.1 Å². The Morgan fingerprint density at radius 2 is 1.82 bits per heavy atom. The van der Waals surface area contributed by atoms with Gasteiger partial charge in [-0.3, -0.25) is 0 Å². The average molecular weight is 392 g/mol. The first-order chi connectivity index (χ1) is 13.2. The van der Waals surface area contributed by atoms with Gasteiger partial charge in [-0.1, -0.05) is 20.8 Å². The maximum absolute atomic E-state index is 11.5. The second-order valence-electron chi connectivity index (χ2n) is 11.3. The zero-order valence-electron chi connectivity index (χ0n) is 17.9. The Morgan fingerprint density at radius 1 is 1.07 bits per heavy atom. The van der Waals surface area contributed by atoms with Crippen LogP contribution in [0.5, 0.6) is 0 Å². The summed E-state index contributed by atoms with van der Waals surface area (Å²) in [5.74, 6) is 2.19. The molecule has 4 heteroatoms. The van der Waals surface area contributed by atoms with E-state index in [1.54, 1.807) is 0 Å². The quantitative estimate of drug-likeness (QED) is 0.771. The van der Waals surface area contributed by atoms with Gasteiger partial charge in [0.1, 0.15) is 0 Å². The molecule has 0 unspecified atom stereocenters. The van der Waals surface area contributed by atoms with Crippen LogP contribution in [0.15, 0.2) is 0 Å². The fraction of sp³-hybridized carbons (Fsp3) is 0.958. The normalized spacial score (nSPS) is 51.7. The van der Waals surface area contributed by atoms with Gasteiger partial charge in [-0.05, 0) is 111 Å². The lowest BCUT2D eigenvalue weighted by molar-refractivity contribution is -0.306. The highest BCUT2D eigenvalue weighted by atomic mass is 16.4. The van der Waals surface area contributed by atoms with Gasteiger partial charge in [0.15, 0.2) is 0 Å². The van der Waals surface area contributed by atoms with E-state index < -0.39 is 5.97 Å². The molecule has 4 saturated carbocycles. The van der Waals surface area contributed by atoms with Crippen molar-refractivity contribution in [3.05, 3.63) is 0 Å². The van der Waals surface area contributed by atoms with Crippen molar-refractivity contribution in [1.82, 2.24) is 0 Å². The number of carbonyl (C=O) groups excluding carboxylic acids is 1. The molecule has 0 heterocycles. The number of hydrogen-bond donors (Lipinski definition) is 2. The van der Waals surface area contributed by atoms with Gasteiger partial charge in [0, 0.05) is 5.97 Å². The summed E-state index contributed by atoms with van der Waals surface area (Å²) in [6.07, 6.45) is 8.98. The molecule has 0 spiro atoms. The van der Waals surface area contributed by atoms with E-state index in [4.69, 9.17) is 0 Å². The molecule has 0 radical (unpaired) electrons. The lowest BCUT2D eigenvalue weighted by Crippen LogP contribution is -2.58. The van der Waals surface area contributed by atoms with Crippen LogP contribution >= 0.6 is 0 Å². The number of rotatable bonds is 4. The van der Waals surface area contributed by atoms with E-state index in [9.17, 15) is 20.1 Å². The van der Waals surface area contributed by atoms with E-state index in [-0.39, 0.29) is 29.5 Å². The molecule has 4 fully saturated rings. The molecule has 160 valence electrons. The zero-order chi connectivity index (χ0) is 20.3. The number of aliphatic hydroxyl groups is 2. The highest BCUT2D eigenvalue weighted by Gasteiger charge is 2.63. The predicted molar refractivity (Wildman–Crippen MR) is 106 cm³/mol. The third kappa shape index (κ3) is 3.05. The number of fused-ring (bicyclic) bond motifs is 5. The van der Waals surface area contributed by atoms with Crippen molar-refractivity contribution in [2.45, 2.75) is 97.2 Å². The van der Waals surface area contributed by atoms with Crippen molar-refractivity contribution in [2.75, 3.05) is 0 Å². The summed E-state index contributed by atoms with van der Waals surface area (Å²) in [6.45, 7) is 6.94. The largest absolute Gasteiger partial charge is 0.550 e. The SMILES string of the molecule is C[C@H](CCC(=O)[O-])[C@H]1CC[C@H]2[C@@H]3CC[C@@H]4C[C@@H](O)CC[C@]4(C)[C@H]3C[C@H](O)[C@]12C. The van der Waals surface area contributed by atoms with Crippen LogP contribution < -0.4 is 5.11 Å². The van der Waals surface area contributed by atoms with E-state index >= 15 is 0 Å². The lowest BCUT2D eigenvalue weighted by Gasteiger charge is -2.62. The van der Waals surface area contributed by atoms with Gasteiger partial charge in [-0.15, -0.1) is 0 Å². The first kappa shape index (κ1) is 20.7. The molecule has 4 aliphatic rings. The maximum atomic E-state index is 11.5. The van der Waals surface area contributed by atoms with Crippen LogP contribution in [0.1, 0.15) is 85.0 Å². The monoisotopic (exact) mass is 391 g/mol.